The fraction of sp³-hybridized carbons (Fsp3) is 0.500. The number of carbonyl (C=O) groups excluding carboxylic acids is 1. The van der Waals surface area contributed by atoms with E-state index in [1.165, 1.54) is 50.3 Å². The average molecular weight is 425 g/mol. The van der Waals surface area contributed by atoms with Gasteiger partial charge in [-0.05, 0) is 42.5 Å². The van der Waals surface area contributed by atoms with Crippen molar-refractivity contribution in [2.75, 3.05) is 32.7 Å². The number of piperazine rings is 1. The van der Waals surface area contributed by atoms with Gasteiger partial charge in [-0.25, -0.2) is 8.78 Å². The zero-order valence-corrected chi connectivity index (χ0v) is 18.0. The maximum absolute atomic E-state index is 14.6. The molecular weight excluding hydrogens is 394 g/mol. The van der Waals surface area contributed by atoms with Crippen LogP contribution in [0.5, 0.6) is 0 Å². The second-order valence-electron chi connectivity index (χ2n) is 9.43. The van der Waals surface area contributed by atoms with E-state index < -0.39 is 5.54 Å². The summed E-state index contributed by atoms with van der Waals surface area (Å²) in [6, 6.07) is 11.0. The molecule has 1 atom stereocenters. The van der Waals surface area contributed by atoms with Crippen molar-refractivity contribution in [2.45, 2.75) is 44.1 Å². The third-order valence-corrected chi connectivity index (χ3v) is 7.63. The Hall–Kier alpha value is -2.11. The van der Waals surface area contributed by atoms with E-state index in [1.807, 2.05) is 6.07 Å². The van der Waals surface area contributed by atoms with Gasteiger partial charge in [0.15, 0.2) is 5.78 Å². The third kappa shape index (κ3) is 3.72. The average Bonchev–Trinajstić information content (AvgIpc) is 3.10. The molecule has 2 fully saturated rings. The lowest BCUT2D eigenvalue weighted by atomic mass is 9.83. The SMILES string of the molecule is O=C1c2cccc(F)c2CC1(c1cccc(F)c1)N1CCN(CC2CCCCC2)CC1. The lowest BCUT2D eigenvalue weighted by Gasteiger charge is -2.46. The second-order valence-corrected chi connectivity index (χ2v) is 9.43. The predicted octanol–water partition coefficient (Wildman–Crippen LogP) is 4.80. The van der Waals surface area contributed by atoms with Crippen molar-refractivity contribution >= 4 is 5.78 Å². The zero-order valence-electron chi connectivity index (χ0n) is 18.0. The van der Waals surface area contributed by atoms with Gasteiger partial charge in [-0.1, -0.05) is 43.5 Å². The molecule has 3 nitrogen and oxygen atoms in total. The predicted molar refractivity (Wildman–Crippen MR) is 117 cm³/mol. The van der Waals surface area contributed by atoms with Crippen LogP contribution in [0.4, 0.5) is 8.78 Å². The van der Waals surface area contributed by atoms with Crippen LogP contribution in [0.25, 0.3) is 0 Å². The Morgan fingerprint density at radius 1 is 0.935 bits per heavy atom. The number of hydrogen-bond donors (Lipinski definition) is 0. The van der Waals surface area contributed by atoms with E-state index in [2.05, 4.69) is 9.80 Å². The summed E-state index contributed by atoms with van der Waals surface area (Å²) in [4.78, 5) is 18.4. The molecule has 0 radical (unpaired) electrons. The molecule has 0 spiro atoms. The van der Waals surface area contributed by atoms with Gasteiger partial charge in [0.05, 0.1) is 0 Å². The van der Waals surface area contributed by atoms with Crippen LogP contribution in [0.1, 0.15) is 53.6 Å². The molecule has 0 aromatic heterocycles. The number of nitrogens with zero attached hydrogens (tertiary/aromatic N) is 2. The number of fused-ring (bicyclic) bond motifs is 1. The molecule has 2 aromatic rings. The molecule has 5 rings (SSSR count). The monoisotopic (exact) mass is 424 g/mol. The quantitative estimate of drug-likeness (QED) is 0.705. The summed E-state index contributed by atoms with van der Waals surface area (Å²) in [6.07, 6.45) is 6.94. The number of hydrogen-bond acceptors (Lipinski definition) is 3. The van der Waals surface area contributed by atoms with Gasteiger partial charge in [-0.2, -0.15) is 0 Å². The van der Waals surface area contributed by atoms with Crippen LogP contribution in [0, 0.1) is 17.6 Å². The van der Waals surface area contributed by atoms with Gasteiger partial charge >= 0.3 is 0 Å². The van der Waals surface area contributed by atoms with E-state index in [0.29, 0.717) is 16.7 Å². The van der Waals surface area contributed by atoms with Gasteiger partial charge in [0, 0.05) is 50.3 Å². The highest BCUT2D eigenvalue weighted by Gasteiger charge is 2.52. The number of ketones is 1. The Bertz CT molecular complexity index is 964. The first-order chi connectivity index (χ1) is 15.1. The number of Topliss-reactive ketones (excluding diaryl/α,β-unsaturated/α-hetero) is 1. The Kier molecular flexibility index (Phi) is 5.65. The summed E-state index contributed by atoms with van der Waals surface area (Å²) in [5.74, 6) is -0.0330. The van der Waals surface area contributed by atoms with Gasteiger partial charge in [0.2, 0.25) is 0 Å². The van der Waals surface area contributed by atoms with Gasteiger partial charge in [0.25, 0.3) is 0 Å². The molecule has 31 heavy (non-hydrogen) atoms. The molecule has 0 N–H and O–H groups in total. The molecule has 2 aliphatic carbocycles. The van der Waals surface area contributed by atoms with Crippen molar-refractivity contribution in [3.8, 4) is 0 Å². The minimum absolute atomic E-state index is 0.103. The molecule has 1 unspecified atom stereocenters. The standard InChI is InChI=1S/C26H30F2N2O/c27-21-9-4-8-20(16-21)26(17-23-22(25(26)31)10-5-11-24(23)28)30-14-12-29(13-15-30)18-19-6-2-1-3-7-19/h4-5,8-11,16,19H,1-3,6-7,12-15,17-18H2. The molecule has 3 aliphatic rings. The first-order valence-corrected chi connectivity index (χ1v) is 11.6. The number of carbonyl (C=O) groups is 1. The van der Waals surface area contributed by atoms with E-state index in [9.17, 15) is 13.6 Å². The summed E-state index contributed by atoms with van der Waals surface area (Å²) < 4.78 is 28.8. The van der Waals surface area contributed by atoms with Gasteiger partial charge in [-0.3, -0.25) is 9.69 Å². The highest BCUT2D eigenvalue weighted by atomic mass is 19.1. The van der Waals surface area contributed by atoms with E-state index >= 15 is 0 Å². The van der Waals surface area contributed by atoms with Crippen molar-refractivity contribution in [1.29, 1.82) is 0 Å². The molecule has 1 saturated carbocycles. The highest BCUT2D eigenvalue weighted by molar-refractivity contribution is 6.08. The molecule has 1 aliphatic heterocycles. The van der Waals surface area contributed by atoms with Crippen LogP contribution in [0.15, 0.2) is 42.5 Å². The summed E-state index contributed by atoms with van der Waals surface area (Å²) in [6.45, 7) is 4.36. The summed E-state index contributed by atoms with van der Waals surface area (Å²) in [5, 5.41) is 0. The van der Waals surface area contributed by atoms with E-state index in [-0.39, 0.29) is 23.8 Å². The molecule has 1 heterocycles. The largest absolute Gasteiger partial charge is 0.301 e. The fourth-order valence-electron chi connectivity index (χ4n) is 5.97. The van der Waals surface area contributed by atoms with E-state index in [4.69, 9.17) is 0 Å². The van der Waals surface area contributed by atoms with Crippen LogP contribution in [0.3, 0.4) is 0 Å². The lowest BCUT2D eigenvalue weighted by Crippen LogP contribution is -2.58. The van der Waals surface area contributed by atoms with Crippen molar-refractivity contribution in [3.05, 3.63) is 70.8 Å². The zero-order chi connectivity index (χ0) is 21.4. The summed E-state index contributed by atoms with van der Waals surface area (Å²) >= 11 is 0. The van der Waals surface area contributed by atoms with E-state index in [0.717, 1.165) is 38.6 Å². The third-order valence-electron chi connectivity index (χ3n) is 7.63. The molecule has 0 bridgehead atoms. The Labute approximate surface area is 183 Å². The fourth-order valence-corrected chi connectivity index (χ4v) is 5.97. The first-order valence-electron chi connectivity index (χ1n) is 11.6. The molecular formula is C26H30F2N2O. The molecule has 5 heteroatoms. The van der Waals surface area contributed by atoms with Crippen molar-refractivity contribution < 1.29 is 13.6 Å². The lowest BCUT2D eigenvalue weighted by molar-refractivity contribution is 0.0256. The molecule has 2 aromatic carbocycles. The van der Waals surface area contributed by atoms with Gasteiger partial charge in [-0.15, -0.1) is 0 Å². The second kappa shape index (κ2) is 8.44. The van der Waals surface area contributed by atoms with Crippen molar-refractivity contribution in [3.63, 3.8) is 0 Å². The van der Waals surface area contributed by atoms with Crippen LogP contribution in [-0.4, -0.2) is 48.3 Å². The van der Waals surface area contributed by atoms with Gasteiger partial charge in [0.1, 0.15) is 17.2 Å². The Morgan fingerprint density at radius 2 is 1.68 bits per heavy atom. The number of rotatable bonds is 4. The Balaban J connectivity index is 1.42. The van der Waals surface area contributed by atoms with Gasteiger partial charge < -0.3 is 4.90 Å². The molecule has 164 valence electrons. The van der Waals surface area contributed by atoms with Crippen molar-refractivity contribution in [2.24, 2.45) is 5.92 Å². The van der Waals surface area contributed by atoms with Crippen LogP contribution in [-0.2, 0) is 12.0 Å². The first kappa shape index (κ1) is 20.8. The van der Waals surface area contributed by atoms with E-state index in [1.54, 1.807) is 18.2 Å². The van der Waals surface area contributed by atoms with Crippen LogP contribution < -0.4 is 0 Å². The molecule has 0 amide bonds. The maximum Gasteiger partial charge on any atom is 0.188 e. The minimum atomic E-state index is -1.02. The number of halogens is 2. The normalized spacial score (nSPS) is 25.7. The van der Waals surface area contributed by atoms with Crippen LogP contribution in [0.2, 0.25) is 0 Å². The summed E-state index contributed by atoms with van der Waals surface area (Å²) in [5.41, 5.74) is 0.507. The number of benzene rings is 2. The van der Waals surface area contributed by atoms with Crippen LogP contribution >= 0.6 is 0 Å². The topological polar surface area (TPSA) is 23.6 Å². The minimum Gasteiger partial charge on any atom is -0.301 e. The smallest absolute Gasteiger partial charge is 0.188 e. The van der Waals surface area contributed by atoms with Crippen molar-refractivity contribution in [1.82, 2.24) is 9.80 Å². The summed E-state index contributed by atoms with van der Waals surface area (Å²) in [7, 11) is 0. The maximum atomic E-state index is 14.6. The molecule has 1 saturated heterocycles. The Morgan fingerprint density at radius 3 is 2.39 bits per heavy atom. The highest BCUT2D eigenvalue weighted by Crippen LogP contribution is 2.44.